The summed E-state index contributed by atoms with van der Waals surface area (Å²) in [7, 11) is 0. The topological polar surface area (TPSA) is 59.8 Å². The third kappa shape index (κ3) is 4.70. The molecule has 1 N–H and O–H groups in total. The highest BCUT2D eigenvalue weighted by Crippen LogP contribution is 2.13. The summed E-state index contributed by atoms with van der Waals surface area (Å²) in [6.45, 7) is 2.63. The number of thioether (sulfide) groups is 1. The Morgan fingerprint density at radius 1 is 1.08 bits per heavy atom. The molecule has 3 rings (SSSR count). The fraction of sp³-hybridized carbons (Fsp3) is 0.211. The summed E-state index contributed by atoms with van der Waals surface area (Å²) in [5, 5.41) is 7.04. The Labute approximate surface area is 151 Å². The van der Waals surface area contributed by atoms with Crippen molar-refractivity contribution in [2.45, 2.75) is 19.2 Å². The average molecular weight is 352 g/mol. The molecule has 0 aliphatic carbocycles. The minimum Gasteiger partial charge on any atom is -0.348 e. The molecule has 0 saturated carbocycles. The van der Waals surface area contributed by atoms with E-state index in [1.165, 1.54) is 11.9 Å². The molecule has 0 radical (unpaired) electrons. The van der Waals surface area contributed by atoms with Gasteiger partial charge in [0.1, 0.15) is 12.7 Å². The smallest absolute Gasteiger partial charge is 0.251 e. The number of carbonyl (C=O) groups is 1. The van der Waals surface area contributed by atoms with E-state index in [9.17, 15) is 4.79 Å². The lowest BCUT2D eigenvalue weighted by atomic mass is 10.1. The Morgan fingerprint density at radius 2 is 1.80 bits per heavy atom. The number of benzene rings is 2. The van der Waals surface area contributed by atoms with Gasteiger partial charge in [-0.15, -0.1) is 0 Å². The first kappa shape index (κ1) is 17.2. The number of hydrogen-bond donors (Lipinski definition) is 1. The van der Waals surface area contributed by atoms with Gasteiger partial charge in [0.05, 0.1) is 5.69 Å². The van der Waals surface area contributed by atoms with Gasteiger partial charge in [-0.05, 0) is 41.1 Å². The zero-order valence-electron chi connectivity index (χ0n) is 14.1. The van der Waals surface area contributed by atoms with E-state index in [-0.39, 0.29) is 5.91 Å². The Balaban J connectivity index is 1.55. The highest BCUT2D eigenvalue weighted by molar-refractivity contribution is 7.98. The first-order valence-corrected chi connectivity index (χ1v) is 9.30. The van der Waals surface area contributed by atoms with Crippen LogP contribution in [-0.2, 0) is 12.3 Å². The molecule has 6 heteroatoms. The fourth-order valence-electron chi connectivity index (χ4n) is 2.36. The zero-order valence-corrected chi connectivity index (χ0v) is 14.9. The molecule has 1 aromatic heterocycles. The molecule has 0 aliphatic heterocycles. The van der Waals surface area contributed by atoms with Crippen LogP contribution in [-0.4, -0.2) is 26.4 Å². The first-order chi connectivity index (χ1) is 12.3. The van der Waals surface area contributed by atoms with E-state index in [0.717, 1.165) is 22.8 Å². The van der Waals surface area contributed by atoms with E-state index in [0.29, 0.717) is 12.1 Å². The Kier molecular flexibility index (Phi) is 5.85. The van der Waals surface area contributed by atoms with E-state index in [4.69, 9.17) is 0 Å². The van der Waals surface area contributed by atoms with Gasteiger partial charge in [0.15, 0.2) is 0 Å². The van der Waals surface area contributed by atoms with Crippen LogP contribution in [0.15, 0.2) is 61.2 Å². The molecule has 0 atom stereocenters. The molecule has 25 heavy (non-hydrogen) atoms. The molecule has 0 saturated heterocycles. The third-order valence-corrected chi connectivity index (χ3v) is 4.71. The van der Waals surface area contributed by atoms with Crippen LogP contribution in [0.2, 0.25) is 0 Å². The van der Waals surface area contributed by atoms with Crippen LogP contribution in [0.5, 0.6) is 0 Å². The maximum absolute atomic E-state index is 12.3. The van der Waals surface area contributed by atoms with Crippen molar-refractivity contribution in [1.29, 1.82) is 0 Å². The zero-order chi connectivity index (χ0) is 17.5. The summed E-state index contributed by atoms with van der Waals surface area (Å²) in [6, 6.07) is 15.7. The summed E-state index contributed by atoms with van der Waals surface area (Å²) in [6.07, 6.45) is 3.15. The summed E-state index contributed by atoms with van der Waals surface area (Å²) in [5.41, 5.74) is 3.90. The van der Waals surface area contributed by atoms with Crippen LogP contribution >= 0.6 is 11.8 Å². The SMILES string of the molecule is CCSCc1ccc(C(=O)NCc2ccc(-n3cncn3)cc2)cc1. The van der Waals surface area contributed by atoms with Gasteiger partial charge in [-0.25, -0.2) is 9.67 Å². The summed E-state index contributed by atoms with van der Waals surface area (Å²) in [5.74, 6) is 2.02. The van der Waals surface area contributed by atoms with Crippen molar-refractivity contribution in [3.63, 3.8) is 0 Å². The number of amides is 1. The third-order valence-electron chi connectivity index (χ3n) is 3.76. The molecule has 0 spiro atoms. The number of carbonyl (C=O) groups excluding carboxylic acids is 1. The highest BCUT2D eigenvalue weighted by atomic mass is 32.2. The van der Waals surface area contributed by atoms with Crippen LogP contribution < -0.4 is 5.32 Å². The quantitative estimate of drug-likeness (QED) is 0.707. The van der Waals surface area contributed by atoms with Crippen molar-refractivity contribution in [2.24, 2.45) is 0 Å². The van der Waals surface area contributed by atoms with E-state index in [1.54, 1.807) is 11.0 Å². The predicted octanol–water partition coefficient (Wildman–Crippen LogP) is 3.45. The fourth-order valence-corrected chi connectivity index (χ4v) is 3.00. The molecule has 3 aromatic rings. The second-order valence-electron chi connectivity index (χ2n) is 5.52. The normalized spacial score (nSPS) is 10.6. The van der Waals surface area contributed by atoms with Crippen molar-refractivity contribution < 1.29 is 4.79 Å². The number of rotatable bonds is 7. The van der Waals surface area contributed by atoms with Gasteiger partial charge in [-0.3, -0.25) is 4.79 Å². The van der Waals surface area contributed by atoms with E-state index in [1.807, 2.05) is 60.3 Å². The maximum atomic E-state index is 12.3. The van der Waals surface area contributed by atoms with Gasteiger partial charge in [0.2, 0.25) is 0 Å². The lowest BCUT2D eigenvalue weighted by Crippen LogP contribution is -2.22. The molecular weight excluding hydrogens is 332 g/mol. The maximum Gasteiger partial charge on any atom is 0.251 e. The van der Waals surface area contributed by atoms with E-state index in [2.05, 4.69) is 22.3 Å². The summed E-state index contributed by atoms with van der Waals surface area (Å²) in [4.78, 5) is 16.2. The number of aromatic nitrogens is 3. The van der Waals surface area contributed by atoms with Crippen molar-refractivity contribution >= 4 is 17.7 Å². The minimum absolute atomic E-state index is 0.0601. The molecule has 2 aromatic carbocycles. The standard InChI is InChI=1S/C19H20N4OS/c1-2-25-12-16-3-7-17(8-4-16)19(24)21-11-15-5-9-18(10-6-15)23-14-20-13-22-23/h3-10,13-14H,2,11-12H2,1H3,(H,21,24). The van der Waals surface area contributed by atoms with Crippen molar-refractivity contribution in [1.82, 2.24) is 20.1 Å². The lowest BCUT2D eigenvalue weighted by molar-refractivity contribution is 0.0951. The number of hydrogen-bond acceptors (Lipinski definition) is 4. The Hall–Kier alpha value is -2.60. The molecule has 1 amide bonds. The lowest BCUT2D eigenvalue weighted by Gasteiger charge is -2.07. The molecular formula is C19H20N4OS. The van der Waals surface area contributed by atoms with Crippen LogP contribution in [0.3, 0.4) is 0 Å². The van der Waals surface area contributed by atoms with Gasteiger partial charge in [0, 0.05) is 17.9 Å². The highest BCUT2D eigenvalue weighted by Gasteiger charge is 2.05. The van der Waals surface area contributed by atoms with Gasteiger partial charge in [-0.2, -0.15) is 16.9 Å². The largest absolute Gasteiger partial charge is 0.348 e. The van der Waals surface area contributed by atoms with Gasteiger partial charge in [0.25, 0.3) is 5.91 Å². The first-order valence-electron chi connectivity index (χ1n) is 8.15. The van der Waals surface area contributed by atoms with Crippen LogP contribution in [0.1, 0.15) is 28.4 Å². The second kappa shape index (κ2) is 8.48. The van der Waals surface area contributed by atoms with Crippen LogP contribution in [0.4, 0.5) is 0 Å². The van der Waals surface area contributed by atoms with Gasteiger partial charge in [-0.1, -0.05) is 31.2 Å². The van der Waals surface area contributed by atoms with Crippen molar-refractivity contribution in [2.75, 3.05) is 5.75 Å². The van der Waals surface area contributed by atoms with Crippen molar-refractivity contribution in [3.05, 3.63) is 77.9 Å². The molecule has 5 nitrogen and oxygen atoms in total. The number of nitrogens with zero attached hydrogens (tertiary/aromatic N) is 3. The molecule has 128 valence electrons. The van der Waals surface area contributed by atoms with Crippen molar-refractivity contribution in [3.8, 4) is 5.69 Å². The molecule has 1 heterocycles. The molecule has 0 bridgehead atoms. The Bertz CT molecular complexity index is 798. The van der Waals surface area contributed by atoms with Gasteiger partial charge >= 0.3 is 0 Å². The van der Waals surface area contributed by atoms with Crippen LogP contribution in [0, 0.1) is 0 Å². The summed E-state index contributed by atoms with van der Waals surface area (Å²) < 4.78 is 1.70. The second-order valence-corrected chi connectivity index (χ2v) is 6.80. The van der Waals surface area contributed by atoms with Crippen LogP contribution in [0.25, 0.3) is 5.69 Å². The minimum atomic E-state index is -0.0601. The number of nitrogens with one attached hydrogen (secondary N) is 1. The molecule has 0 unspecified atom stereocenters. The van der Waals surface area contributed by atoms with E-state index >= 15 is 0 Å². The molecule has 0 fully saturated rings. The predicted molar refractivity (Wildman–Crippen MR) is 101 cm³/mol. The van der Waals surface area contributed by atoms with Gasteiger partial charge < -0.3 is 5.32 Å². The summed E-state index contributed by atoms with van der Waals surface area (Å²) >= 11 is 1.87. The van der Waals surface area contributed by atoms with E-state index < -0.39 is 0 Å². The average Bonchev–Trinajstić information content (AvgIpc) is 3.20. The monoisotopic (exact) mass is 352 g/mol. The molecule has 0 aliphatic rings. The Morgan fingerprint density at radius 3 is 2.44 bits per heavy atom.